The molecule has 0 spiro atoms. The molecule has 1 aromatic heterocycles. The van der Waals surface area contributed by atoms with E-state index in [9.17, 15) is 4.79 Å². The van der Waals surface area contributed by atoms with E-state index < -0.39 is 0 Å². The quantitative estimate of drug-likeness (QED) is 0.759. The molecule has 7 heteroatoms. The number of carbonyl (C=O) groups excluding carboxylic acids is 1. The maximum absolute atomic E-state index is 11.4. The number of nitrogen functional groups attached to an aromatic ring is 1. The first kappa shape index (κ1) is 14.0. The van der Waals surface area contributed by atoms with Crippen LogP contribution < -0.4 is 15.8 Å². The van der Waals surface area contributed by atoms with Gasteiger partial charge in [0, 0.05) is 27.1 Å². The van der Waals surface area contributed by atoms with Gasteiger partial charge < -0.3 is 20.7 Å². The third kappa shape index (κ3) is 3.76. The van der Waals surface area contributed by atoms with E-state index in [1.807, 2.05) is 6.92 Å². The Kier molecular flexibility index (Phi) is 5.16. The molecule has 0 saturated carbocycles. The second kappa shape index (κ2) is 6.63. The fourth-order valence-electron chi connectivity index (χ4n) is 1.28. The first-order valence-electron chi connectivity index (χ1n) is 5.73. The van der Waals surface area contributed by atoms with Crippen LogP contribution in [-0.4, -0.2) is 48.0 Å². The van der Waals surface area contributed by atoms with Crippen LogP contribution in [0.2, 0.25) is 0 Å². The van der Waals surface area contributed by atoms with Crippen LogP contribution in [0, 0.1) is 0 Å². The monoisotopic (exact) mass is 253 g/mol. The first-order chi connectivity index (χ1) is 8.56. The number of hydrogen-bond donors (Lipinski definition) is 2. The highest BCUT2D eigenvalue weighted by molar-refractivity contribution is 5.76. The average Bonchev–Trinajstić information content (AvgIpc) is 2.33. The van der Waals surface area contributed by atoms with Crippen molar-refractivity contribution in [2.24, 2.45) is 0 Å². The van der Waals surface area contributed by atoms with Gasteiger partial charge in [-0.05, 0) is 6.92 Å². The maximum Gasteiger partial charge on any atom is 0.242 e. The maximum atomic E-state index is 11.4. The molecule has 1 amide bonds. The number of carbonyl (C=O) groups is 1. The standard InChI is InChI=1S/C11H19N5O2/c1-4-18-11-9(12)10(14-7-15-11)13-6-5-8(17)16(2)3/h7H,4-6,12H2,1-3H3,(H,13,14,15). The summed E-state index contributed by atoms with van der Waals surface area (Å²) in [5, 5.41) is 2.99. The molecule has 0 radical (unpaired) electrons. The number of amides is 1. The summed E-state index contributed by atoms with van der Waals surface area (Å²) in [4.78, 5) is 20.9. The highest BCUT2D eigenvalue weighted by atomic mass is 16.5. The molecule has 18 heavy (non-hydrogen) atoms. The molecule has 0 aliphatic rings. The van der Waals surface area contributed by atoms with Gasteiger partial charge in [0.05, 0.1) is 6.61 Å². The predicted molar refractivity (Wildman–Crippen MR) is 69.4 cm³/mol. The third-order valence-corrected chi connectivity index (χ3v) is 2.26. The minimum Gasteiger partial charge on any atom is -0.476 e. The number of nitrogens with zero attached hydrogens (tertiary/aromatic N) is 3. The summed E-state index contributed by atoms with van der Waals surface area (Å²) in [6.07, 6.45) is 1.75. The fourth-order valence-corrected chi connectivity index (χ4v) is 1.28. The van der Waals surface area contributed by atoms with Crippen molar-refractivity contribution in [3.8, 4) is 5.88 Å². The van der Waals surface area contributed by atoms with Crippen LogP contribution in [0.4, 0.5) is 11.5 Å². The molecular weight excluding hydrogens is 234 g/mol. The van der Waals surface area contributed by atoms with E-state index in [4.69, 9.17) is 10.5 Å². The highest BCUT2D eigenvalue weighted by Crippen LogP contribution is 2.24. The average molecular weight is 253 g/mol. The van der Waals surface area contributed by atoms with Crippen LogP contribution in [0.15, 0.2) is 6.33 Å². The molecule has 0 aliphatic carbocycles. The fraction of sp³-hybridized carbons (Fsp3) is 0.545. The van der Waals surface area contributed by atoms with E-state index in [0.29, 0.717) is 37.0 Å². The number of nitrogens with one attached hydrogen (secondary N) is 1. The smallest absolute Gasteiger partial charge is 0.242 e. The van der Waals surface area contributed by atoms with E-state index in [1.54, 1.807) is 14.1 Å². The lowest BCUT2D eigenvalue weighted by molar-refractivity contribution is -0.128. The van der Waals surface area contributed by atoms with Crippen molar-refractivity contribution in [1.29, 1.82) is 0 Å². The van der Waals surface area contributed by atoms with Gasteiger partial charge in [-0.1, -0.05) is 0 Å². The Morgan fingerprint density at radius 2 is 2.22 bits per heavy atom. The van der Waals surface area contributed by atoms with E-state index in [-0.39, 0.29) is 5.91 Å². The van der Waals surface area contributed by atoms with Crippen molar-refractivity contribution in [3.05, 3.63) is 6.33 Å². The summed E-state index contributed by atoms with van der Waals surface area (Å²) in [6, 6.07) is 0. The molecule has 0 aromatic carbocycles. The Morgan fingerprint density at radius 1 is 1.50 bits per heavy atom. The van der Waals surface area contributed by atoms with Gasteiger partial charge in [0.1, 0.15) is 12.0 Å². The van der Waals surface area contributed by atoms with Gasteiger partial charge in [0.2, 0.25) is 11.8 Å². The zero-order valence-corrected chi connectivity index (χ0v) is 10.9. The molecule has 0 saturated heterocycles. The zero-order chi connectivity index (χ0) is 13.5. The number of aromatic nitrogens is 2. The van der Waals surface area contributed by atoms with Gasteiger partial charge in [-0.3, -0.25) is 4.79 Å². The van der Waals surface area contributed by atoms with Gasteiger partial charge in [-0.15, -0.1) is 0 Å². The lowest BCUT2D eigenvalue weighted by atomic mass is 10.3. The van der Waals surface area contributed by atoms with Crippen molar-refractivity contribution < 1.29 is 9.53 Å². The van der Waals surface area contributed by atoms with E-state index >= 15 is 0 Å². The van der Waals surface area contributed by atoms with Crippen molar-refractivity contribution >= 4 is 17.4 Å². The predicted octanol–water partition coefficient (Wildman–Crippen LogP) is 0.348. The lowest BCUT2D eigenvalue weighted by Crippen LogP contribution is -2.24. The minimum atomic E-state index is 0.0418. The van der Waals surface area contributed by atoms with Crippen LogP contribution in [0.5, 0.6) is 5.88 Å². The molecule has 100 valence electrons. The highest BCUT2D eigenvalue weighted by Gasteiger charge is 2.09. The molecule has 1 heterocycles. The Hall–Kier alpha value is -2.05. The van der Waals surface area contributed by atoms with Crippen molar-refractivity contribution in [2.75, 3.05) is 38.3 Å². The summed E-state index contributed by atoms with van der Waals surface area (Å²) in [7, 11) is 3.43. The van der Waals surface area contributed by atoms with Crippen LogP contribution in [-0.2, 0) is 4.79 Å². The molecule has 0 fully saturated rings. The van der Waals surface area contributed by atoms with E-state index in [2.05, 4.69) is 15.3 Å². The number of anilines is 2. The molecule has 3 N–H and O–H groups in total. The van der Waals surface area contributed by atoms with Gasteiger partial charge in [-0.25, -0.2) is 4.98 Å². The Balaban J connectivity index is 2.57. The molecule has 0 aliphatic heterocycles. The summed E-state index contributed by atoms with van der Waals surface area (Å²) in [5.41, 5.74) is 6.20. The molecule has 0 bridgehead atoms. The largest absolute Gasteiger partial charge is 0.476 e. The SMILES string of the molecule is CCOc1ncnc(NCCC(=O)N(C)C)c1N. The molecular formula is C11H19N5O2. The van der Waals surface area contributed by atoms with Crippen LogP contribution >= 0.6 is 0 Å². The zero-order valence-electron chi connectivity index (χ0n) is 10.9. The number of nitrogens with two attached hydrogens (primary N) is 1. The van der Waals surface area contributed by atoms with Gasteiger partial charge in [0.15, 0.2) is 5.82 Å². The van der Waals surface area contributed by atoms with Gasteiger partial charge >= 0.3 is 0 Å². The van der Waals surface area contributed by atoms with Crippen LogP contribution in [0.3, 0.4) is 0 Å². The van der Waals surface area contributed by atoms with E-state index in [1.165, 1.54) is 11.2 Å². The molecule has 1 rings (SSSR count). The summed E-state index contributed by atoms with van der Waals surface area (Å²) in [5.74, 6) is 0.883. The van der Waals surface area contributed by atoms with Gasteiger partial charge in [0.25, 0.3) is 0 Å². The third-order valence-electron chi connectivity index (χ3n) is 2.26. The van der Waals surface area contributed by atoms with Crippen LogP contribution in [0.25, 0.3) is 0 Å². The number of rotatable bonds is 6. The number of ether oxygens (including phenoxy) is 1. The molecule has 0 atom stereocenters. The number of hydrogen-bond acceptors (Lipinski definition) is 6. The summed E-state index contributed by atoms with van der Waals surface area (Å²) >= 11 is 0. The minimum absolute atomic E-state index is 0.0418. The Labute approximate surface area is 106 Å². The van der Waals surface area contributed by atoms with Gasteiger partial charge in [-0.2, -0.15) is 4.98 Å². The van der Waals surface area contributed by atoms with Crippen molar-refractivity contribution in [2.45, 2.75) is 13.3 Å². The molecule has 7 nitrogen and oxygen atoms in total. The second-order valence-electron chi connectivity index (χ2n) is 3.84. The Morgan fingerprint density at radius 3 is 2.83 bits per heavy atom. The van der Waals surface area contributed by atoms with Crippen molar-refractivity contribution in [3.63, 3.8) is 0 Å². The Bertz CT molecular complexity index is 408. The van der Waals surface area contributed by atoms with E-state index in [0.717, 1.165) is 0 Å². The van der Waals surface area contributed by atoms with Crippen molar-refractivity contribution in [1.82, 2.24) is 14.9 Å². The topological polar surface area (TPSA) is 93.4 Å². The normalized spacial score (nSPS) is 9.94. The lowest BCUT2D eigenvalue weighted by Gasteiger charge is -2.12. The van der Waals surface area contributed by atoms with Crippen LogP contribution in [0.1, 0.15) is 13.3 Å². The first-order valence-corrected chi connectivity index (χ1v) is 5.73. The summed E-state index contributed by atoms with van der Waals surface area (Å²) < 4.78 is 5.25. The second-order valence-corrected chi connectivity index (χ2v) is 3.84. The molecule has 1 aromatic rings. The molecule has 0 unspecified atom stereocenters. The summed E-state index contributed by atoms with van der Waals surface area (Å²) in [6.45, 7) is 2.80.